The Kier molecular flexibility index (Phi) is 1.64. The van der Waals surface area contributed by atoms with Crippen molar-refractivity contribution in [2.24, 2.45) is 14.1 Å². The number of fused-ring (bicyclic) bond motifs is 3. The molecule has 0 unspecified atom stereocenters. The lowest BCUT2D eigenvalue weighted by atomic mass is 10.1. The van der Waals surface area contributed by atoms with Crippen LogP contribution in [0.4, 0.5) is 5.82 Å². The highest BCUT2D eigenvalue weighted by atomic mass is 15.1. The Labute approximate surface area is 94.1 Å². The molecule has 0 aliphatic rings. The lowest BCUT2D eigenvalue weighted by Gasteiger charge is -2.02. The minimum absolute atomic E-state index is 0.853. The van der Waals surface area contributed by atoms with E-state index in [1.54, 1.807) is 0 Å². The van der Waals surface area contributed by atoms with Crippen LogP contribution < -0.4 is 5.73 Å². The van der Waals surface area contributed by atoms with Gasteiger partial charge < -0.3 is 14.9 Å². The third-order valence-electron chi connectivity index (χ3n) is 3.51. The number of hydrogen-bond acceptors (Lipinski definition) is 1. The van der Waals surface area contributed by atoms with Gasteiger partial charge in [0.05, 0.1) is 5.52 Å². The summed E-state index contributed by atoms with van der Waals surface area (Å²) >= 11 is 0. The first-order valence-corrected chi connectivity index (χ1v) is 5.40. The maximum Gasteiger partial charge on any atom is 0.122 e. The smallest absolute Gasteiger partial charge is 0.122 e. The minimum Gasteiger partial charge on any atom is -0.385 e. The highest BCUT2D eigenvalue weighted by Crippen LogP contribution is 2.34. The molecule has 0 bridgehead atoms. The summed E-state index contributed by atoms with van der Waals surface area (Å²) in [5, 5.41) is 2.56. The third kappa shape index (κ3) is 0.883. The lowest BCUT2D eigenvalue weighted by molar-refractivity contribution is 0.892. The second kappa shape index (κ2) is 2.82. The van der Waals surface area contributed by atoms with Crippen LogP contribution in [0.25, 0.3) is 21.9 Å². The van der Waals surface area contributed by atoms with Crippen LogP contribution in [0, 0.1) is 6.92 Å². The summed E-state index contributed by atoms with van der Waals surface area (Å²) in [6, 6.07) is 8.44. The number of hydrogen-bond donors (Lipinski definition) is 1. The SMILES string of the molecule is Cc1c(N)n(C)c2c1c1ccccc1n2C. The molecule has 0 fully saturated rings. The lowest BCUT2D eigenvalue weighted by Crippen LogP contribution is -2.00. The number of nitrogen functional groups attached to an aromatic ring is 1. The molecule has 0 radical (unpaired) electrons. The van der Waals surface area contributed by atoms with Crippen LogP contribution in [0.2, 0.25) is 0 Å². The fourth-order valence-corrected chi connectivity index (χ4v) is 2.64. The Hall–Kier alpha value is -1.90. The molecule has 0 spiro atoms. The number of para-hydroxylation sites is 1. The van der Waals surface area contributed by atoms with Gasteiger partial charge in [0.1, 0.15) is 11.5 Å². The first-order chi connectivity index (χ1) is 7.63. The van der Waals surface area contributed by atoms with Gasteiger partial charge in [-0.2, -0.15) is 0 Å². The van der Waals surface area contributed by atoms with Gasteiger partial charge in [0.15, 0.2) is 0 Å². The summed E-state index contributed by atoms with van der Waals surface area (Å²) in [5.41, 5.74) is 9.69. The zero-order chi connectivity index (χ0) is 11.4. The molecule has 0 saturated carbocycles. The molecule has 2 heterocycles. The summed E-state index contributed by atoms with van der Waals surface area (Å²) in [5.74, 6) is 0.853. The molecule has 3 rings (SSSR count). The van der Waals surface area contributed by atoms with Crippen LogP contribution in [0.1, 0.15) is 5.56 Å². The molecule has 2 N–H and O–H groups in total. The molecule has 0 aliphatic heterocycles. The van der Waals surface area contributed by atoms with Crippen molar-refractivity contribution in [2.75, 3.05) is 5.73 Å². The maximum atomic E-state index is 6.07. The molecule has 0 saturated heterocycles. The van der Waals surface area contributed by atoms with Crippen molar-refractivity contribution in [3.63, 3.8) is 0 Å². The van der Waals surface area contributed by atoms with Gasteiger partial charge in [0.2, 0.25) is 0 Å². The van der Waals surface area contributed by atoms with E-state index in [4.69, 9.17) is 5.73 Å². The van der Waals surface area contributed by atoms with E-state index in [0.717, 1.165) is 5.82 Å². The molecule has 0 aliphatic carbocycles. The van der Waals surface area contributed by atoms with Gasteiger partial charge in [-0.3, -0.25) is 0 Å². The number of nitrogens with two attached hydrogens (primary N) is 1. The molecule has 1 aromatic carbocycles. The number of aryl methyl sites for hydroxylation is 3. The molecule has 0 atom stereocenters. The number of aromatic nitrogens is 2. The van der Waals surface area contributed by atoms with E-state index in [0.29, 0.717) is 0 Å². The molecule has 16 heavy (non-hydrogen) atoms. The summed E-state index contributed by atoms with van der Waals surface area (Å²) in [7, 11) is 4.10. The van der Waals surface area contributed by atoms with Crippen LogP contribution >= 0.6 is 0 Å². The van der Waals surface area contributed by atoms with E-state index in [1.165, 1.54) is 27.5 Å². The number of rotatable bonds is 0. The van der Waals surface area contributed by atoms with Gasteiger partial charge in [0, 0.05) is 30.4 Å². The van der Waals surface area contributed by atoms with Crippen LogP contribution in [0.5, 0.6) is 0 Å². The molecule has 3 nitrogen and oxygen atoms in total. The van der Waals surface area contributed by atoms with E-state index in [-0.39, 0.29) is 0 Å². The molecular weight excluding hydrogens is 198 g/mol. The van der Waals surface area contributed by atoms with Crippen molar-refractivity contribution in [2.45, 2.75) is 6.92 Å². The first kappa shape index (κ1) is 9.33. The van der Waals surface area contributed by atoms with E-state index < -0.39 is 0 Å². The second-order valence-electron chi connectivity index (χ2n) is 4.34. The minimum atomic E-state index is 0.853. The highest BCUT2D eigenvalue weighted by molar-refractivity contribution is 6.10. The van der Waals surface area contributed by atoms with Crippen LogP contribution in [-0.4, -0.2) is 9.13 Å². The molecule has 3 heteroatoms. The van der Waals surface area contributed by atoms with Gasteiger partial charge in [-0.1, -0.05) is 18.2 Å². The Balaban J connectivity index is 2.71. The monoisotopic (exact) mass is 213 g/mol. The standard InChI is InChI=1S/C13H15N3/c1-8-11-9-6-4-5-7-10(9)15(2)13(11)16(3)12(8)14/h4-7H,14H2,1-3H3. The molecule has 82 valence electrons. The van der Waals surface area contributed by atoms with E-state index in [9.17, 15) is 0 Å². The van der Waals surface area contributed by atoms with Crippen molar-refractivity contribution in [3.8, 4) is 0 Å². The van der Waals surface area contributed by atoms with Crippen molar-refractivity contribution in [1.29, 1.82) is 0 Å². The molecular formula is C13H15N3. The summed E-state index contributed by atoms with van der Waals surface area (Å²) < 4.78 is 4.26. The van der Waals surface area contributed by atoms with E-state index >= 15 is 0 Å². The third-order valence-corrected chi connectivity index (χ3v) is 3.51. The summed E-state index contributed by atoms with van der Waals surface area (Å²) in [4.78, 5) is 0. The molecule has 3 aromatic rings. The fourth-order valence-electron chi connectivity index (χ4n) is 2.64. The van der Waals surface area contributed by atoms with Crippen molar-refractivity contribution in [1.82, 2.24) is 9.13 Å². The van der Waals surface area contributed by atoms with Crippen molar-refractivity contribution in [3.05, 3.63) is 29.8 Å². The van der Waals surface area contributed by atoms with E-state index in [1.807, 2.05) is 7.05 Å². The van der Waals surface area contributed by atoms with E-state index in [2.05, 4.69) is 47.4 Å². The fraction of sp³-hybridized carbons (Fsp3) is 0.231. The topological polar surface area (TPSA) is 35.9 Å². The first-order valence-electron chi connectivity index (χ1n) is 5.40. The van der Waals surface area contributed by atoms with Crippen molar-refractivity contribution >= 4 is 27.8 Å². The van der Waals surface area contributed by atoms with Crippen molar-refractivity contribution < 1.29 is 0 Å². The average Bonchev–Trinajstić information content (AvgIpc) is 2.71. The molecule has 2 aromatic heterocycles. The van der Waals surface area contributed by atoms with Crippen LogP contribution in [-0.2, 0) is 14.1 Å². The summed E-state index contributed by atoms with van der Waals surface area (Å²) in [6.07, 6.45) is 0. The van der Waals surface area contributed by atoms with Crippen LogP contribution in [0.15, 0.2) is 24.3 Å². The predicted molar refractivity (Wildman–Crippen MR) is 68.5 cm³/mol. The normalized spacial score (nSPS) is 11.7. The zero-order valence-corrected chi connectivity index (χ0v) is 9.78. The van der Waals surface area contributed by atoms with Gasteiger partial charge in [-0.25, -0.2) is 0 Å². The molecule has 0 amide bonds. The van der Waals surface area contributed by atoms with Gasteiger partial charge >= 0.3 is 0 Å². The van der Waals surface area contributed by atoms with Gasteiger partial charge in [-0.05, 0) is 13.0 Å². The summed E-state index contributed by atoms with van der Waals surface area (Å²) in [6.45, 7) is 2.09. The second-order valence-corrected chi connectivity index (χ2v) is 4.34. The highest BCUT2D eigenvalue weighted by Gasteiger charge is 2.16. The van der Waals surface area contributed by atoms with Gasteiger partial charge in [-0.15, -0.1) is 0 Å². The average molecular weight is 213 g/mol. The number of benzene rings is 1. The largest absolute Gasteiger partial charge is 0.385 e. The predicted octanol–water partition coefficient (Wildman–Crippen LogP) is 2.56. The van der Waals surface area contributed by atoms with Crippen LogP contribution in [0.3, 0.4) is 0 Å². The maximum absolute atomic E-state index is 6.07. The zero-order valence-electron chi connectivity index (χ0n) is 9.78. The number of anilines is 1. The Morgan fingerprint density at radius 3 is 2.50 bits per heavy atom. The Bertz CT molecular complexity index is 701. The Morgan fingerprint density at radius 1 is 1.06 bits per heavy atom. The van der Waals surface area contributed by atoms with Gasteiger partial charge in [0.25, 0.3) is 0 Å². The number of nitrogens with zero attached hydrogens (tertiary/aromatic N) is 2. The Morgan fingerprint density at radius 2 is 1.75 bits per heavy atom. The quantitative estimate of drug-likeness (QED) is 0.612.